The van der Waals surface area contributed by atoms with Gasteiger partial charge in [0.05, 0.1) is 23.5 Å². The Bertz CT molecular complexity index is 814. The number of para-hydroxylation sites is 2. The van der Waals surface area contributed by atoms with Crippen LogP contribution in [0.3, 0.4) is 0 Å². The molecule has 1 heterocycles. The highest BCUT2D eigenvalue weighted by Gasteiger charge is 2.18. The lowest BCUT2D eigenvalue weighted by molar-refractivity contribution is -0.121. The molecule has 0 aliphatic rings. The molecule has 130 valence electrons. The molecular formula is C19H20BrN3OS. The third-order valence-corrected chi connectivity index (χ3v) is 5.13. The molecule has 1 amide bonds. The first-order valence-electron chi connectivity index (χ1n) is 8.13. The second kappa shape index (κ2) is 8.54. The van der Waals surface area contributed by atoms with E-state index in [1.54, 1.807) is 11.8 Å². The Kier molecular flexibility index (Phi) is 6.15. The summed E-state index contributed by atoms with van der Waals surface area (Å²) in [4.78, 5) is 20.5. The average molecular weight is 418 g/mol. The molecule has 2 aromatic carbocycles. The van der Waals surface area contributed by atoms with Crippen molar-refractivity contribution in [1.29, 1.82) is 0 Å². The fourth-order valence-corrected chi connectivity index (χ4v) is 3.42. The van der Waals surface area contributed by atoms with Crippen molar-refractivity contribution in [2.45, 2.75) is 18.9 Å². The molecule has 3 aromatic rings. The number of H-pyrrole nitrogens is 1. The summed E-state index contributed by atoms with van der Waals surface area (Å²) in [6.45, 7) is 0. The van der Waals surface area contributed by atoms with Gasteiger partial charge in [0.2, 0.25) is 5.91 Å². The molecule has 0 saturated carbocycles. The van der Waals surface area contributed by atoms with E-state index in [4.69, 9.17) is 0 Å². The molecule has 0 spiro atoms. The summed E-state index contributed by atoms with van der Waals surface area (Å²) in [6.07, 6.45) is 3.27. The second-order valence-corrected chi connectivity index (χ2v) is 7.75. The van der Waals surface area contributed by atoms with Crippen molar-refractivity contribution in [2.75, 3.05) is 12.0 Å². The van der Waals surface area contributed by atoms with Gasteiger partial charge in [0.15, 0.2) is 0 Å². The van der Waals surface area contributed by atoms with E-state index in [1.165, 1.54) is 0 Å². The van der Waals surface area contributed by atoms with Crippen LogP contribution in [-0.4, -0.2) is 27.9 Å². The van der Waals surface area contributed by atoms with E-state index >= 15 is 0 Å². The highest BCUT2D eigenvalue weighted by atomic mass is 79.9. The normalized spacial score (nSPS) is 12.2. The smallest absolute Gasteiger partial charge is 0.225 e. The number of carbonyl (C=O) groups is 1. The zero-order chi connectivity index (χ0) is 17.6. The maximum atomic E-state index is 12.5. The van der Waals surface area contributed by atoms with E-state index < -0.39 is 0 Å². The number of nitrogens with one attached hydrogen (secondary N) is 2. The molecule has 0 unspecified atom stereocenters. The number of thioether (sulfide) groups is 1. The summed E-state index contributed by atoms with van der Waals surface area (Å²) >= 11 is 5.18. The molecule has 0 aliphatic carbocycles. The highest BCUT2D eigenvalue weighted by molar-refractivity contribution is 9.10. The lowest BCUT2D eigenvalue weighted by Crippen LogP contribution is -2.31. The zero-order valence-electron chi connectivity index (χ0n) is 14.0. The molecule has 25 heavy (non-hydrogen) atoms. The van der Waals surface area contributed by atoms with Crippen LogP contribution in [0.25, 0.3) is 11.0 Å². The number of benzene rings is 2. The van der Waals surface area contributed by atoms with Gasteiger partial charge in [-0.2, -0.15) is 11.8 Å². The molecule has 6 heteroatoms. The summed E-state index contributed by atoms with van der Waals surface area (Å²) in [5.41, 5.74) is 2.91. The van der Waals surface area contributed by atoms with Crippen LogP contribution >= 0.6 is 27.7 Å². The van der Waals surface area contributed by atoms with Crippen molar-refractivity contribution in [3.63, 3.8) is 0 Å². The topological polar surface area (TPSA) is 57.8 Å². The average Bonchev–Trinajstić information content (AvgIpc) is 3.04. The van der Waals surface area contributed by atoms with E-state index in [9.17, 15) is 4.79 Å². The number of halogens is 1. The Hall–Kier alpha value is -1.79. The van der Waals surface area contributed by atoms with Gasteiger partial charge in [-0.25, -0.2) is 4.98 Å². The van der Waals surface area contributed by atoms with Crippen LogP contribution in [-0.2, 0) is 11.2 Å². The van der Waals surface area contributed by atoms with Crippen molar-refractivity contribution in [3.05, 3.63) is 64.4 Å². The van der Waals surface area contributed by atoms with Crippen LogP contribution in [0.15, 0.2) is 53.0 Å². The quantitative estimate of drug-likeness (QED) is 0.595. The highest BCUT2D eigenvalue weighted by Crippen LogP contribution is 2.20. The van der Waals surface area contributed by atoms with Crippen LogP contribution in [0.2, 0.25) is 0 Å². The SMILES string of the molecule is CSCC[C@H](NC(=O)Cc1ccc(Br)cc1)c1nc2ccccc2[nH]1. The van der Waals surface area contributed by atoms with Crippen molar-refractivity contribution in [1.82, 2.24) is 15.3 Å². The Morgan fingerprint density at radius 3 is 2.72 bits per heavy atom. The molecule has 0 bridgehead atoms. The van der Waals surface area contributed by atoms with Gasteiger partial charge in [0.25, 0.3) is 0 Å². The molecule has 0 radical (unpaired) electrons. The number of fused-ring (bicyclic) bond motifs is 1. The van der Waals surface area contributed by atoms with Gasteiger partial charge in [0.1, 0.15) is 5.82 Å². The fourth-order valence-electron chi connectivity index (χ4n) is 2.68. The van der Waals surface area contributed by atoms with E-state index in [1.807, 2.05) is 48.5 Å². The number of hydrogen-bond acceptors (Lipinski definition) is 3. The Morgan fingerprint density at radius 2 is 2.00 bits per heavy atom. The monoisotopic (exact) mass is 417 g/mol. The van der Waals surface area contributed by atoms with E-state index in [0.29, 0.717) is 6.42 Å². The van der Waals surface area contributed by atoms with Crippen molar-refractivity contribution in [2.24, 2.45) is 0 Å². The number of nitrogens with zero attached hydrogens (tertiary/aromatic N) is 1. The number of carbonyl (C=O) groups excluding carboxylic acids is 1. The molecule has 2 N–H and O–H groups in total. The van der Waals surface area contributed by atoms with E-state index in [-0.39, 0.29) is 11.9 Å². The van der Waals surface area contributed by atoms with Crippen molar-refractivity contribution in [3.8, 4) is 0 Å². The number of amides is 1. The number of rotatable bonds is 7. The Balaban J connectivity index is 1.73. The van der Waals surface area contributed by atoms with Gasteiger partial charge < -0.3 is 10.3 Å². The Morgan fingerprint density at radius 1 is 1.24 bits per heavy atom. The van der Waals surface area contributed by atoms with Crippen LogP contribution < -0.4 is 5.32 Å². The van der Waals surface area contributed by atoms with Crippen LogP contribution in [0.5, 0.6) is 0 Å². The van der Waals surface area contributed by atoms with Crippen molar-refractivity contribution >= 4 is 44.6 Å². The number of aromatic amines is 1. The summed E-state index contributed by atoms with van der Waals surface area (Å²) in [6, 6.07) is 15.6. The van der Waals surface area contributed by atoms with E-state index in [0.717, 1.165) is 39.1 Å². The summed E-state index contributed by atoms with van der Waals surface area (Å²) < 4.78 is 1.01. The second-order valence-electron chi connectivity index (χ2n) is 5.84. The summed E-state index contributed by atoms with van der Waals surface area (Å²) in [5, 5.41) is 3.13. The first-order valence-corrected chi connectivity index (χ1v) is 10.3. The minimum atomic E-state index is -0.109. The third-order valence-electron chi connectivity index (χ3n) is 3.96. The van der Waals surface area contributed by atoms with Crippen molar-refractivity contribution < 1.29 is 4.79 Å². The molecule has 4 nitrogen and oxygen atoms in total. The van der Waals surface area contributed by atoms with Crippen LogP contribution in [0.1, 0.15) is 23.9 Å². The lowest BCUT2D eigenvalue weighted by Gasteiger charge is -2.16. The minimum Gasteiger partial charge on any atom is -0.346 e. The standard InChI is InChI=1S/C19H20BrN3OS/c1-25-11-10-17(19-22-15-4-2-3-5-16(15)23-19)21-18(24)12-13-6-8-14(20)9-7-13/h2-9,17H,10-12H2,1H3,(H,21,24)(H,22,23)/t17-/m0/s1. The Labute approximate surface area is 159 Å². The van der Waals surface area contributed by atoms with Gasteiger partial charge >= 0.3 is 0 Å². The van der Waals surface area contributed by atoms with Gasteiger partial charge in [-0.3, -0.25) is 4.79 Å². The largest absolute Gasteiger partial charge is 0.346 e. The third kappa shape index (κ3) is 4.86. The van der Waals surface area contributed by atoms with E-state index in [2.05, 4.69) is 37.5 Å². The first kappa shape index (κ1) is 18.0. The zero-order valence-corrected chi connectivity index (χ0v) is 16.4. The predicted octanol–water partition coefficient (Wildman–Crippen LogP) is 4.48. The molecule has 0 fully saturated rings. The van der Waals surface area contributed by atoms with Gasteiger partial charge in [-0.15, -0.1) is 0 Å². The fraction of sp³-hybridized carbons (Fsp3) is 0.263. The van der Waals surface area contributed by atoms with Crippen LogP contribution in [0.4, 0.5) is 0 Å². The molecule has 3 rings (SSSR count). The van der Waals surface area contributed by atoms with Gasteiger partial charge in [-0.05, 0) is 48.3 Å². The minimum absolute atomic E-state index is 0.00822. The maximum absolute atomic E-state index is 12.5. The number of aromatic nitrogens is 2. The van der Waals surface area contributed by atoms with Gasteiger partial charge in [0, 0.05) is 4.47 Å². The number of hydrogen-bond donors (Lipinski definition) is 2. The summed E-state index contributed by atoms with van der Waals surface area (Å²) in [7, 11) is 0. The molecule has 0 saturated heterocycles. The van der Waals surface area contributed by atoms with Gasteiger partial charge in [-0.1, -0.05) is 40.2 Å². The maximum Gasteiger partial charge on any atom is 0.225 e. The predicted molar refractivity (Wildman–Crippen MR) is 108 cm³/mol. The lowest BCUT2D eigenvalue weighted by atomic mass is 10.1. The molecular weight excluding hydrogens is 398 g/mol. The van der Waals surface area contributed by atoms with Crippen LogP contribution in [0, 0.1) is 0 Å². The molecule has 0 aliphatic heterocycles. The molecule has 1 atom stereocenters. The first-order chi connectivity index (χ1) is 12.2. The molecule has 1 aromatic heterocycles. The number of imidazole rings is 1. The summed E-state index contributed by atoms with van der Waals surface area (Å²) in [5.74, 6) is 1.79.